The van der Waals surface area contributed by atoms with Crippen molar-refractivity contribution < 1.29 is 17.9 Å². The zero-order valence-electron chi connectivity index (χ0n) is 18.5. The number of hydrogen-bond donors (Lipinski definition) is 1. The van der Waals surface area contributed by atoms with Crippen molar-refractivity contribution in [1.82, 2.24) is 19.7 Å². The maximum Gasteiger partial charge on any atom is 0.213 e. The molecule has 0 aliphatic carbocycles. The first-order chi connectivity index (χ1) is 15.9. The highest BCUT2D eigenvalue weighted by Gasteiger charge is 2.18. The number of rotatable bonds is 10. The zero-order chi connectivity index (χ0) is 23.3. The molecule has 172 valence electrons. The van der Waals surface area contributed by atoms with Crippen LogP contribution in [0.2, 0.25) is 0 Å². The van der Waals surface area contributed by atoms with E-state index in [0.29, 0.717) is 18.1 Å². The van der Waals surface area contributed by atoms with E-state index < -0.39 is 16.1 Å². The Kier molecular flexibility index (Phi) is 6.90. The average Bonchev–Trinajstić information content (AvgIpc) is 3.25. The van der Waals surface area contributed by atoms with Gasteiger partial charge >= 0.3 is 0 Å². The van der Waals surface area contributed by atoms with Crippen molar-refractivity contribution in [3.63, 3.8) is 0 Å². The Bertz CT molecular complexity index is 1320. The summed E-state index contributed by atoms with van der Waals surface area (Å²) < 4.78 is 41.1. The molecular formula is C24H26N4O4S. The molecule has 0 saturated heterocycles. The van der Waals surface area contributed by atoms with Crippen LogP contribution in [0.5, 0.6) is 11.5 Å². The van der Waals surface area contributed by atoms with Crippen molar-refractivity contribution in [3.8, 4) is 11.5 Å². The predicted octanol–water partition coefficient (Wildman–Crippen LogP) is 3.70. The normalized spacial score (nSPS) is 12.5. The maximum absolute atomic E-state index is 12.7. The molecule has 4 aromatic rings. The second-order valence-corrected chi connectivity index (χ2v) is 9.52. The fourth-order valence-electron chi connectivity index (χ4n) is 3.49. The van der Waals surface area contributed by atoms with E-state index in [4.69, 9.17) is 9.47 Å². The Morgan fingerprint density at radius 2 is 1.76 bits per heavy atom. The number of nitrogens with one attached hydrogen (secondary N) is 1. The number of methoxy groups -OCH3 is 1. The summed E-state index contributed by atoms with van der Waals surface area (Å²) in [6, 6.07) is 22.3. The molecule has 0 fully saturated rings. The van der Waals surface area contributed by atoms with E-state index >= 15 is 0 Å². The number of aryl methyl sites for hydroxylation is 1. The lowest BCUT2D eigenvalue weighted by molar-refractivity contribution is 0.284. The van der Waals surface area contributed by atoms with Gasteiger partial charge in [-0.15, -0.1) is 5.10 Å². The van der Waals surface area contributed by atoms with Crippen molar-refractivity contribution in [3.05, 3.63) is 83.9 Å². The molecule has 1 heterocycles. The highest BCUT2D eigenvalue weighted by molar-refractivity contribution is 7.89. The van der Waals surface area contributed by atoms with Crippen LogP contribution in [0.1, 0.15) is 24.1 Å². The van der Waals surface area contributed by atoms with E-state index in [1.54, 1.807) is 30.8 Å². The highest BCUT2D eigenvalue weighted by Crippen LogP contribution is 2.31. The maximum atomic E-state index is 12.7. The predicted molar refractivity (Wildman–Crippen MR) is 127 cm³/mol. The lowest BCUT2D eigenvalue weighted by Gasteiger charge is -2.17. The molecule has 3 aromatic carbocycles. The fraction of sp³-hybridized carbons (Fsp3) is 0.250. The van der Waals surface area contributed by atoms with E-state index in [1.807, 2.05) is 60.7 Å². The third-order valence-corrected chi connectivity index (χ3v) is 6.71. The van der Waals surface area contributed by atoms with Gasteiger partial charge in [0.15, 0.2) is 11.5 Å². The van der Waals surface area contributed by atoms with Crippen molar-refractivity contribution in [1.29, 1.82) is 0 Å². The third kappa shape index (κ3) is 5.68. The number of sulfonamides is 1. The largest absolute Gasteiger partial charge is 0.493 e. The second kappa shape index (κ2) is 10.0. The van der Waals surface area contributed by atoms with Crippen LogP contribution in [-0.2, 0) is 23.2 Å². The minimum atomic E-state index is -3.56. The number of para-hydroxylation sites is 1. The van der Waals surface area contributed by atoms with E-state index in [2.05, 4.69) is 15.0 Å². The van der Waals surface area contributed by atoms with E-state index in [0.717, 1.165) is 22.2 Å². The summed E-state index contributed by atoms with van der Waals surface area (Å²) in [6.45, 7) is 2.41. The fourth-order valence-corrected chi connectivity index (χ4v) is 4.70. The number of nitrogens with zero attached hydrogens (tertiary/aromatic N) is 3. The molecule has 0 spiro atoms. The Labute approximate surface area is 193 Å². The molecule has 1 unspecified atom stereocenters. The molecule has 0 aliphatic heterocycles. The molecule has 0 radical (unpaired) electrons. The Hall–Kier alpha value is -3.43. The molecule has 1 aromatic heterocycles. The third-order valence-electron chi connectivity index (χ3n) is 5.27. The summed E-state index contributed by atoms with van der Waals surface area (Å²) in [7, 11) is -2.00. The first-order valence-corrected chi connectivity index (χ1v) is 12.2. The molecule has 0 aliphatic rings. The molecule has 33 heavy (non-hydrogen) atoms. The SMILES string of the molecule is COc1cc(C(C)NS(=O)(=O)CCn2nnc3ccccc32)ccc1OCc1ccccc1. The van der Waals surface area contributed by atoms with Crippen LogP contribution in [0.4, 0.5) is 0 Å². The monoisotopic (exact) mass is 466 g/mol. The van der Waals surface area contributed by atoms with Gasteiger partial charge in [-0.1, -0.05) is 53.7 Å². The Balaban J connectivity index is 1.39. The van der Waals surface area contributed by atoms with Crippen molar-refractivity contribution >= 4 is 21.1 Å². The molecule has 1 atom stereocenters. The summed E-state index contributed by atoms with van der Waals surface area (Å²) in [5.74, 6) is 1.03. The van der Waals surface area contributed by atoms with Crippen LogP contribution < -0.4 is 14.2 Å². The molecule has 0 bridgehead atoms. The number of hydrogen-bond acceptors (Lipinski definition) is 6. The molecule has 4 rings (SSSR count). The molecule has 8 nitrogen and oxygen atoms in total. The summed E-state index contributed by atoms with van der Waals surface area (Å²) in [4.78, 5) is 0. The second-order valence-electron chi connectivity index (χ2n) is 7.64. The number of fused-ring (bicyclic) bond motifs is 1. The molecule has 1 N–H and O–H groups in total. The summed E-state index contributed by atoms with van der Waals surface area (Å²) in [5, 5.41) is 8.11. The molecule has 0 amide bonds. The van der Waals surface area contributed by atoms with E-state index in [1.165, 1.54) is 0 Å². The van der Waals surface area contributed by atoms with Gasteiger partial charge in [0, 0.05) is 6.04 Å². The van der Waals surface area contributed by atoms with Crippen LogP contribution in [0, 0.1) is 0 Å². The van der Waals surface area contributed by atoms with Crippen molar-refractivity contribution in [2.75, 3.05) is 12.9 Å². The van der Waals surface area contributed by atoms with Gasteiger partial charge in [0.25, 0.3) is 0 Å². The molecule has 0 saturated carbocycles. The quantitative estimate of drug-likeness (QED) is 0.383. The molecular weight excluding hydrogens is 440 g/mol. The number of ether oxygens (including phenoxy) is 2. The lowest BCUT2D eigenvalue weighted by Crippen LogP contribution is -2.31. The number of benzene rings is 3. The Morgan fingerprint density at radius 1 is 1.00 bits per heavy atom. The lowest BCUT2D eigenvalue weighted by atomic mass is 10.1. The first kappa shape index (κ1) is 22.8. The van der Waals surface area contributed by atoms with Crippen molar-refractivity contribution in [2.45, 2.75) is 26.1 Å². The topological polar surface area (TPSA) is 95.3 Å². The summed E-state index contributed by atoms with van der Waals surface area (Å²) in [5.41, 5.74) is 3.35. The van der Waals surface area contributed by atoms with E-state index in [9.17, 15) is 8.42 Å². The minimum Gasteiger partial charge on any atom is -0.493 e. The summed E-state index contributed by atoms with van der Waals surface area (Å²) >= 11 is 0. The van der Waals surface area contributed by atoms with Gasteiger partial charge in [-0.3, -0.25) is 0 Å². The van der Waals surface area contributed by atoms with Gasteiger partial charge < -0.3 is 9.47 Å². The van der Waals surface area contributed by atoms with Crippen LogP contribution >= 0.6 is 0 Å². The van der Waals surface area contributed by atoms with Crippen molar-refractivity contribution in [2.24, 2.45) is 0 Å². The van der Waals surface area contributed by atoms with Gasteiger partial charge in [0.1, 0.15) is 12.1 Å². The Morgan fingerprint density at radius 3 is 2.55 bits per heavy atom. The van der Waals surface area contributed by atoms with Crippen LogP contribution in [0.25, 0.3) is 11.0 Å². The average molecular weight is 467 g/mol. The van der Waals surface area contributed by atoms with Gasteiger partial charge in [0.2, 0.25) is 10.0 Å². The number of aromatic nitrogens is 3. The highest BCUT2D eigenvalue weighted by atomic mass is 32.2. The van der Waals surface area contributed by atoms with Crippen LogP contribution in [0.3, 0.4) is 0 Å². The van der Waals surface area contributed by atoms with Gasteiger partial charge in [-0.2, -0.15) is 0 Å². The zero-order valence-corrected chi connectivity index (χ0v) is 19.3. The molecule has 9 heteroatoms. The minimum absolute atomic E-state index is 0.111. The van der Waals surface area contributed by atoms with Gasteiger partial charge in [0.05, 0.1) is 24.9 Å². The first-order valence-electron chi connectivity index (χ1n) is 10.6. The smallest absolute Gasteiger partial charge is 0.213 e. The van der Waals surface area contributed by atoms with Gasteiger partial charge in [-0.25, -0.2) is 17.8 Å². The standard InChI is InChI=1S/C24H26N4O4S/c1-18(26-33(29,30)15-14-28-22-11-7-6-10-21(22)25-27-28)20-12-13-23(24(16-20)31-2)32-17-19-8-4-3-5-9-19/h3-13,16,18,26H,14-15,17H2,1-2H3. The summed E-state index contributed by atoms with van der Waals surface area (Å²) in [6.07, 6.45) is 0. The van der Waals surface area contributed by atoms with Gasteiger partial charge in [-0.05, 0) is 42.3 Å². The van der Waals surface area contributed by atoms with Crippen LogP contribution in [-0.4, -0.2) is 36.3 Å². The van der Waals surface area contributed by atoms with Crippen LogP contribution in [0.15, 0.2) is 72.8 Å². The van der Waals surface area contributed by atoms with E-state index in [-0.39, 0.29) is 12.3 Å².